The van der Waals surface area contributed by atoms with Crippen LogP contribution < -0.4 is 10.1 Å². The number of rotatable bonds is 4. The van der Waals surface area contributed by atoms with Crippen molar-refractivity contribution in [3.8, 4) is 5.75 Å². The molecule has 2 aromatic rings. The molecular weight excluding hydrogens is 375 g/mol. The molecule has 0 unspecified atom stereocenters. The number of hydrogen-bond acceptors (Lipinski definition) is 4. The van der Waals surface area contributed by atoms with Crippen LogP contribution in [-0.4, -0.2) is 24.4 Å². The van der Waals surface area contributed by atoms with Gasteiger partial charge in [-0.15, -0.1) is 5.10 Å². The van der Waals surface area contributed by atoms with Crippen LogP contribution in [0.5, 0.6) is 5.75 Å². The van der Waals surface area contributed by atoms with E-state index < -0.39 is 12.5 Å². The lowest BCUT2D eigenvalue weighted by Crippen LogP contribution is -2.13. The Kier molecular flexibility index (Phi) is 4.96. The van der Waals surface area contributed by atoms with Crippen molar-refractivity contribution in [2.75, 3.05) is 5.32 Å². The van der Waals surface area contributed by atoms with Crippen molar-refractivity contribution >= 4 is 46.7 Å². The van der Waals surface area contributed by atoms with Gasteiger partial charge < -0.3 is 10.1 Å². The van der Waals surface area contributed by atoms with Gasteiger partial charge in [0.15, 0.2) is 5.71 Å². The Labute approximate surface area is 150 Å². The number of nitrogens with zero attached hydrogens (tertiary/aromatic N) is 2. The summed E-state index contributed by atoms with van der Waals surface area (Å²) in [5.74, 6) is -0.413. The fourth-order valence-electron chi connectivity index (χ4n) is 2.17. The highest BCUT2D eigenvalue weighted by Gasteiger charge is 2.28. The summed E-state index contributed by atoms with van der Waals surface area (Å²) in [6.07, 6.45) is 1.37. The molecule has 0 saturated heterocycles. The summed E-state index contributed by atoms with van der Waals surface area (Å²) in [5.41, 5.74) is 1.56. The van der Waals surface area contributed by atoms with Crippen LogP contribution in [0.3, 0.4) is 0 Å². The molecule has 1 aliphatic rings. The van der Waals surface area contributed by atoms with Crippen molar-refractivity contribution in [1.82, 2.24) is 0 Å². The number of halogens is 4. The number of fused-ring (bicyclic) bond motifs is 1. The summed E-state index contributed by atoms with van der Waals surface area (Å²) in [7, 11) is 0. The number of benzene rings is 2. The summed E-state index contributed by atoms with van der Waals surface area (Å²) in [5, 5.41) is 11.0. The molecule has 0 atom stereocenters. The normalized spacial score (nSPS) is 15.1. The van der Waals surface area contributed by atoms with Gasteiger partial charge in [0, 0.05) is 10.6 Å². The summed E-state index contributed by atoms with van der Waals surface area (Å²) in [6.45, 7) is -2.88. The lowest BCUT2D eigenvalue weighted by atomic mass is 10.1. The zero-order chi connectivity index (χ0) is 18.0. The van der Waals surface area contributed by atoms with Crippen LogP contribution >= 0.6 is 23.2 Å². The third kappa shape index (κ3) is 3.94. The third-order valence-electron chi connectivity index (χ3n) is 3.23. The highest BCUT2D eigenvalue weighted by molar-refractivity contribution is 6.56. The summed E-state index contributed by atoms with van der Waals surface area (Å²) < 4.78 is 28.4. The Balaban J connectivity index is 1.81. The van der Waals surface area contributed by atoms with Gasteiger partial charge in [-0.2, -0.15) is 13.9 Å². The Morgan fingerprint density at radius 2 is 1.88 bits per heavy atom. The zero-order valence-electron chi connectivity index (χ0n) is 12.3. The fourth-order valence-corrected chi connectivity index (χ4v) is 2.71. The maximum absolute atomic E-state index is 12.1. The van der Waals surface area contributed by atoms with Gasteiger partial charge in [-0.05, 0) is 42.0 Å². The van der Waals surface area contributed by atoms with E-state index in [4.69, 9.17) is 23.2 Å². The molecule has 0 spiro atoms. The third-order valence-corrected chi connectivity index (χ3v) is 3.75. The quantitative estimate of drug-likeness (QED) is 0.629. The molecule has 5 nitrogen and oxygen atoms in total. The van der Waals surface area contributed by atoms with E-state index in [0.29, 0.717) is 26.9 Å². The molecule has 0 aromatic heterocycles. The van der Waals surface area contributed by atoms with E-state index in [1.807, 2.05) is 0 Å². The number of ether oxygens (including phenoxy) is 1. The second kappa shape index (κ2) is 7.16. The Bertz CT molecular complexity index is 884. The SMILES string of the molecule is O=C1Nc2c(Cl)cc(Cl)cc2C1=NN=Cc1ccc(OC(F)F)cc1. The fraction of sp³-hybridized carbons (Fsp3) is 0.0625. The molecule has 9 heteroatoms. The molecule has 0 saturated carbocycles. The molecule has 0 fully saturated rings. The maximum atomic E-state index is 12.1. The van der Waals surface area contributed by atoms with Gasteiger partial charge in [0.1, 0.15) is 5.75 Å². The minimum absolute atomic E-state index is 0.0341. The molecule has 1 heterocycles. The van der Waals surface area contributed by atoms with Gasteiger partial charge >= 0.3 is 6.61 Å². The van der Waals surface area contributed by atoms with E-state index in [1.54, 1.807) is 6.07 Å². The number of hydrogen-bond donors (Lipinski definition) is 1. The van der Waals surface area contributed by atoms with E-state index in [2.05, 4.69) is 20.3 Å². The number of carbonyl (C=O) groups excluding carboxylic acids is 1. The molecule has 0 aliphatic carbocycles. The standard InChI is InChI=1S/C16H9Cl2F2N3O2/c17-9-5-11-13(12(18)6-9)22-15(24)14(11)23-21-7-8-1-3-10(4-2-8)25-16(19)20/h1-7,16H,(H,22,23,24). The van der Waals surface area contributed by atoms with Gasteiger partial charge in [0.05, 0.1) is 16.9 Å². The molecular formula is C16H9Cl2F2N3O2. The first-order valence-corrected chi connectivity index (χ1v) is 7.66. The van der Waals surface area contributed by atoms with Crippen molar-refractivity contribution < 1.29 is 18.3 Å². The first-order valence-electron chi connectivity index (χ1n) is 6.90. The first kappa shape index (κ1) is 17.3. The van der Waals surface area contributed by atoms with Crippen molar-refractivity contribution in [3.05, 3.63) is 57.6 Å². The summed E-state index contributed by atoms with van der Waals surface area (Å²) in [6, 6.07) is 8.87. The van der Waals surface area contributed by atoms with Crippen LogP contribution in [-0.2, 0) is 4.79 Å². The number of carbonyl (C=O) groups is 1. The predicted molar refractivity (Wildman–Crippen MR) is 92.3 cm³/mol. The maximum Gasteiger partial charge on any atom is 0.387 e. The van der Waals surface area contributed by atoms with Crippen LogP contribution in [0.4, 0.5) is 14.5 Å². The molecule has 1 N–H and O–H groups in total. The van der Waals surface area contributed by atoms with Gasteiger partial charge in [0.25, 0.3) is 5.91 Å². The van der Waals surface area contributed by atoms with Gasteiger partial charge in [-0.3, -0.25) is 4.79 Å². The molecule has 25 heavy (non-hydrogen) atoms. The highest BCUT2D eigenvalue weighted by atomic mass is 35.5. The summed E-state index contributed by atoms with van der Waals surface area (Å²) >= 11 is 12.0. The Morgan fingerprint density at radius 1 is 1.16 bits per heavy atom. The second-order valence-electron chi connectivity index (χ2n) is 4.91. The van der Waals surface area contributed by atoms with E-state index >= 15 is 0 Å². The number of alkyl halides is 2. The predicted octanol–water partition coefficient (Wildman–Crippen LogP) is 4.37. The van der Waals surface area contributed by atoms with Crippen LogP contribution in [0.15, 0.2) is 46.6 Å². The molecule has 1 aliphatic heterocycles. The molecule has 128 valence electrons. The molecule has 2 aromatic carbocycles. The van der Waals surface area contributed by atoms with Crippen molar-refractivity contribution in [3.63, 3.8) is 0 Å². The second-order valence-corrected chi connectivity index (χ2v) is 5.75. The lowest BCUT2D eigenvalue weighted by molar-refractivity contribution is -0.110. The Hall–Kier alpha value is -2.51. The smallest absolute Gasteiger partial charge is 0.387 e. The molecule has 0 radical (unpaired) electrons. The van der Waals surface area contributed by atoms with Crippen molar-refractivity contribution in [2.45, 2.75) is 6.61 Å². The van der Waals surface area contributed by atoms with E-state index in [9.17, 15) is 13.6 Å². The van der Waals surface area contributed by atoms with Crippen molar-refractivity contribution in [1.29, 1.82) is 0 Å². The molecule has 3 rings (SSSR count). The van der Waals surface area contributed by atoms with Crippen LogP contribution in [0, 0.1) is 0 Å². The number of nitrogens with one attached hydrogen (secondary N) is 1. The monoisotopic (exact) mass is 383 g/mol. The number of anilines is 1. The average Bonchev–Trinajstić information content (AvgIpc) is 2.85. The Morgan fingerprint density at radius 3 is 2.56 bits per heavy atom. The minimum Gasteiger partial charge on any atom is -0.435 e. The van der Waals surface area contributed by atoms with Gasteiger partial charge in [0.2, 0.25) is 0 Å². The topological polar surface area (TPSA) is 63.0 Å². The minimum atomic E-state index is -2.88. The lowest BCUT2D eigenvalue weighted by Gasteiger charge is -2.03. The van der Waals surface area contributed by atoms with E-state index in [-0.39, 0.29) is 11.5 Å². The highest BCUT2D eigenvalue weighted by Crippen LogP contribution is 2.34. The molecule has 0 bridgehead atoms. The summed E-state index contributed by atoms with van der Waals surface area (Å²) in [4.78, 5) is 12.0. The molecule has 1 amide bonds. The number of amides is 1. The van der Waals surface area contributed by atoms with Crippen LogP contribution in [0.1, 0.15) is 11.1 Å². The first-order chi connectivity index (χ1) is 11.9. The van der Waals surface area contributed by atoms with Gasteiger partial charge in [-0.25, -0.2) is 0 Å². The zero-order valence-corrected chi connectivity index (χ0v) is 13.9. The van der Waals surface area contributed by atoms with Crippen LogP contribution in [0.25, 0.3) is 0 Å². The largest absolute Gasteiger partial charge is 0.435 e. The average molecular weight is 384 g/mol. The van der Waals surface area contributed by atoms with Crippen LogP contribution in [0.2, 0.25) is 10.0 Å². The van der Waals surface area contributed by atoms with Gasteiger partial charge in [-0.1, -0.05) is 23.2 Å². The van der Waals surface area contributed by atoms with E-state index in [0.717, 1.165) is 0 Å². The van der Waals surface area contributed by atoms with Crippen molar-refractivity contribution in [2.24, 2.45) is 10.2 Å². The van der Waals surface area contributed by atoms with E-state index in [1.165, 1.54) is 36.5 Å².